The highest BCUT2D eigenvalue weighted by atomic mass is 32.1. The second-order valence-corrected chi connectivity index (χ2v) is 10.2. The van der Waals surface area contributed by atoms with Gasteiger partial charge < -0.3 is 14.6 Å². The van der Waals surface area contributed by atoms with Crippen LogP contribution < -0.4 is 14.4 Å². The van der Waals surface area contributed by atoms with Gasteiger partial charge in [-0.15, -0.1) is 22.7 Å². The van der Waals surface area contributed by atoms with E-state index in [9.17, 15) is 14.7 Å². The maximum absolute atomic E-state index is 13.7. The largest absolute Gasteiger partial charge is 0.503 e. The Morgan fingerprint density at radius 1 is 1.23 bits per heavy atom. The number of aliphatic hydroxyl groups excluding tert-OH is 1. The third-order valence-electron chi connectivity index (χ3n) is 5.70. The highest BCUT2D eigenvalue weighted by molar-refractivity contribution is 7.14. The lowest BCUT2D eigenvalue weighted by Gasteiger charge is -2.25. The summed E-state index contributed by atoms with van der Waals surface area (Å²) in [5.74, 6) is -0.631. The number of ether oxygens (including phenoxy) is 2. The number of ketones is 1. The normalized spacial score (nSPS) is 15.7. The van der Waals surface area contributed by atoms with Crippen LogP contribution in [0.4, 0.5) is 5.13 Å². The van der Waals surface area contributed by atoms with Gasteiger partial charge in [-0.05, 0) is 38.0 Å². The summed E-state index contributed by atoms with van der Waals surface area (Å²) in [7, 11) is 1.54. The number of anilines is 1. The molecule has 4 rings (SSSR count). The molecule has 1 amide bonds. The van der Waals surface area contributed by atoms with Crippen LogP contribution in [0.15, 0.2) is 41.1 Å². The number of nitrogens with zero attached hydrogens (tertiary/aromatic N) is 3. The van der Waals surface area contributed by atoms with Crippen molar-refractivity contribution in [3.8, 4) is 11.5 Å². The summed E-state index contributed by atoms with van der Waals surface area (Å²) in [5, 5.41) is 13.8. The van der Waals surface area contributed by atoms with Gasteiger partial charge in [0.1, 0.15) is 0 Å². The van der Waals surface area contributed by atoms with Crippen LogP contribution in [-0.4, -0.2) is 40.5 Å². The minimum absolute atomic E-state index is 0.00406. The van der Waals surface area contributed by atoms with Crippen LogP contribution in [-0.2, 0) is 4.79 Å². The van der Waals surface area contributed by atoms with Gasteiger partial charge in [-0.25, -0.2) is 9.97 Å². The van der Waals surface area contributed by atoms with Crippen molar-refractivity contribution in [3.63, 3.8) is 0 Å². The minimum Gasteiger partial charge on any atom is -0.503 e. The van der Waals surface area contributed by atoms with Gasteiger partial charge in [-0.2, -0.15) is 0 Å². The molecule has 8 nitrogen and oxygen atoms in total. The number of amides is 1. The highest BCUT2D eigenvalue weighted by Crippen LogP contribution is 2.45. The Kier molecular flexibility index (Phi) is 7.51. The Hall–Kier alpha value is -3.24. The Bertz CT molecular complexity index is 1270. The summed E-state index contributed by atoms with van der Waals surface area (Å²) in [5.41, 5.74) is 1.15. The molecule has 1 aromatic carbocycles. The van der Waals surface area contributed by atoms with E-state index in [2.05, 4.69) is 16.9 Å². The summed E-state index contributed by atoms with van der Waals surface area (Å²) in [6.07, 6.45) is 4.66. The number of aliphatic hydroxyl groups is 1. The third-order valence-corrected chi connectivity index (χ3v) is 7.54. The summed E-state index contributed by atoms with van der Waals surface area (Å²) < 4.78 is 11.5. The number of aromatic nitrogens is 2. The number of unbranched alkanes of at least 4 members (excludes halogenated alkanes) is 2. The van der Waals surface area contributed by atoms with Gasteiger partial charge in [0.15, 0.2) is 22.4 Å². The molecule has 0 aliphatic carbocycles. The number of hydrogen-bond donors (Lipinski definition) is 1. The number of rotatable bonds is 10. The number of benzene rings is 1. The van der Waals surface area contributed by atoms with E-state index in [1.54, 1.807) is 43.8 Å². The predicted octanol–water partition coefficient (Wildman–Crippen LogP) is 5.58. The number of hydrogen-bond acceptors (Lipinski definition) is 9. The van der Waals surface area contributed by atoms with Crippen molar-refractivity contribution < 1.29 is 24.2 Å². The summed E-state index contributed by atoms with van der Waals surface area (Å²) >= 11 is 2.49. The maximum Gasteiger partial charge on any atom is 0.296 e. The number of thiazole rings is 2. The molecule has 0 fully saturated rings. The molecule has 0 radical (unpaired) electrons. The molecule has 1 unspecified atom stereocenters. The van der Waals surface area contributed by atoms with Crippen LogP contribution in [0.5, 0.6) is 11.5 Å². The Balaban J connectivity index is 1.78. The Morgan fingerprint density at radius 2 is 2.03 bits per heavy atom. The lowest BCUT2D eigenvalue weighted by molar-refractivity contribution is -0.117. The van der Waals surface area contributed by atoms with Crippen LogP contribution in [0.3, 0.4) is 0 Å². The predicted molar refractivity (Wildman–Crippen MR) is 136 cm³/mol. The molecule has 0 bridgehead atoms. The molecule has 10 heteroatoms. The second kappa shape index (κ2) is 10.6. The van der Waals surface area contributed by atoms with E-state index < -0.39 is 23.5 Å². The fourth-order valence-corrected chi connectivity index (χ4v) is 5.60. The number of carbonyl (C=O) groups excluding carboxylic acids is 2. The van der Waals surface area contributed by atoms with Crippen molar-refractivity contribution in [1.29, 1.82) is 0 Å². The van der Waals surface area contributed by atoms with Gasteiger partial charge in [0.25, 0.3) is 5.91 Å². The molecule has 2 aromatic heterocycles. The molecule has 0 spiro atoms. The van der Waals surface area contributed by atoms with E-state index in [0.717, 1.165) is 24.3 Å². The summed E-state index contributed by atoms with van der Waals surface area (Å²) in [6, 6.07) is 4.41. The van der Waals surface area contributed by atoms with E-state index in [1.165, 1.54) is 27.6 Å². The first-order valence-corrected chi connectivity index (χ1v) is 13.0. The van der Waals surface area contributed by atoms with Gasteiger partial charge >= 0.3 is 0 Å². The Morgan fingerprint density at radius 3 is 2.66 bits per heavy atom. The van der Waals surface area contributed by atoms with Gasteiger partial charge in [0, 0.05) is 11.6 Å². The topological polar surface area (TPSA) is 102 Å². The Labute approximate surface area is 211 Å². The van der Waals surface area contributed by atoms with Gasteiger partial charge in [-0.1, -0.05) is 25.8 Å². The lowest BCUT2D eigenvalue weighted by atomic mass is 9.95. The number of carbonyl (C=O) groups is 2. The number of aryl methyl sites for hydroxylation is 2. The average molecular weight is 514 g/mol. The number of Topliss-reactive ketones (excluding diaryl/α,β-unsaturated/α-hetero) is 1. The third kappa shape index (κ3) is 4.81. The molecule has 1 atom stereocenters. The second-order valence-electron chi connectivity index (χ2n) is 8.10. The zero-order chi connectivity index (χ0) is 25.1. The SMILES string of the molecule is CCCCCOc1ccc(C2C(C(=O)c3sc(C)nc3C)=C(O)C(=O)N2c2nccs2)cc1OC. The molecular formula is C25H27N3O5S2. The van der Waals surface area contributed by atoms with Gasteiger partial charge in [0.05, 0.1) is 40.9 Å². The highest BCUT2D eigenvalue weighted by Gasteiger charge is 2.46. The van der Waals surface area contributed by atoms with Crippen molar-refractivity contribution in [2.75, 3.05) is 18.6 Å². The molecule has 3 heterocycles. The molecular weight excluding hydrogens is 486 g/mol. The van der Waals surface area contributed by atoms with Crippen molar-refractivity contribution in [1.82, 2.24) is 9.97 Å². The zero-order valence-corrected chi connectivity index (χ0v) is 21.7. The molecule has 35 heavy (non-hydrogen) atoms. The first kappa shape index (κ1) is 24.9. The molecule has 1 aliphatic rings. The smallest absolute Gasteiger partial charge is 0.296 e. The molecule has 1 N–H and O–H groups in total. The van der Waals surface area contributed by atoms with E-state index in [4.69, 9.17) is 9.47 Å². The molecule has 3 aromatic rings. The quantitative estimate of drug-likeness (QED) is 0.279. The van der Waals surface area contributed by atoms with E-state index >= 15 is 0 Å². The standard InChI is InChI=1S/C25H27N3O5S2/c1-5-6-7-11-33-17-9-8-16(13-18(17)32-4)20-19(21(29)23-14(2)27-15(3)35-23)22(30)24(31)28(20)25-26-10-12-34-25/h8-10,12-13,20,30H,5-7,11H2,1-4H3. The first-order chi connectivity index (χ1) is 16.9. The fraction of sp³-hybridized carbons (Fsp3) is 0.360. The van der Waals surface area contributed by atoms with Crippen LogP contribution in [0.1, 0.15) is 58.2 Å². The van der Waals surface area contributed by atoms with Crippen LogP contribution >= 0.6 is 22.7 Å². The van der Waals surface area contributed by atoms with Gasteiger partial charge in [0.2, 0.25) is 5.78 Å². The molecule has 184 valence electrons. The van der Waals surface area contributed by atoms with Crippen molar-refractivity contribution >= 4 is 39.5 Å². The van der Waals surface area contributed by atoms with Crippen molar-refractivity contribution in [3.05, 3.63) is 62.3 Å². The van der Waals surface area contributed by atoms with E-state index in [0.29, 0.717) is 39.4 Å². The van der Waals surface area contributed by atoms with Crippen molar-refractivity contribution in [2.45, 2.75) is 46.1 Å². The van der Waals surface area contributed by atoms with Crippen LogP contribution in [0, 0.1) is 13.8 Å². The van der Waals surface area contributed by atoms with Gasteiger partial charge in [-0.3, -0.25) is 14.5 Å². The first-order valence-electron chi connectivity index (χ1n) is 11.3. The molecule has 0 saturated heterocycles. The average Bonchev–Trinajstić information content (AvgIpc) is 3.55. The van der Waals surface area contributed by atoms with E-state index in [-0.39, 0.29) is 5.57 Å². The monoisotopic (exact) mass is 513 g/mol. The van der Waals surface area contributed by atoms with Crippen LogP contribution in [0.2, 0.25) is 0 Å². The minimum atomic E-state index is -0.883. The maximum atomic E-state index is 13.7. The number of methoxy groups -OCH3 is 1. The zero-order valence-electron chi connectivity index (χ0n) is 20.0. The molecule has 0 saturated carbocycles. The van der Waals surface area contributed by atoms with Crippen molar-refractivity contribution in [2.24, 2.45) is 0 Å². The summed E-state index contributed by atoms with van der Waals surface area (Å²) in [4.78, 5) is 37.2. The van der Waals surface area contributed by atoms with E-state index in [1.807, 2.05) is 6.92 Å². The lowest BCUT2D eigenvalue weighted by Crippen LogP contribution is -2.31. The van der Waals surface area contributed by atoms with Crippen LogP contribution in [0.25, 0.3) is 0 Å². The molecule has 1 aliphatic heterocycles. The fourth-order valence-electron chi connectivity index (χ4n) is 4.06. The summed E-state index contributed by atoms with van der Waals surface area (Å²) in [6.45, 7) is 6.24.